The molecule has 1 aromatic carbocycles. The zero-order valence-electron chi connectivity index (χ0n) is 13.6. The van der Waals surface area contributed by atoms with Gasteiger partial charge in [-0.1, -0.05) is 12.1 Å². The fourth-order valence-corrected chi connectivity index (χ4v) is 2.66. The summed E-state index contributed by atoms with van der Waals surface area (Å²) in [4.78, 5) is 27.2. The largest absolute Gasteiger partial charge is 0.483 e. The molecule has 2 rings (SSSR count). The maximum atomic E-state index is 12.9. The Morgan fingerprint density at radius 3 is 2.69 bits per heavy atom. The summed E-state index contributed by atoms with van der Waals surface area (Å²) >= 11 is 1.08. The van der Waals surface area contributed by atoms with E-state index < -0.39 is 36.0 Å². The van der Waals surface area contributed by atoms with Crippen molar-refractivity contribution < 1.29 is 32.2 Å². The molecule has 26 heavy (non-hydrogen) atoms. The molecule has 0 radical (unpaired) electrons. The number of nitrogens with zero attached hydrogens (tertiary/aromatic N) is 1. The Hall–Kier alpha value is -2.62. The average Bonchev–Trinajstić information content (AvgIpc) is 2.99. The Labute approximate surface area is 150 Å². The topological polar surface area (TPSA) is 77.5 Å². The van der Waals surface area contributed by atoms with Crippen LogP contribution >= 0.6 is 11.3 Å². The normalized spacial score (nSPS) is 11.1. The van der Waals surface area contributed by atoms with E-state index in [1.807, 2.05) is 0 Å². The van der Waals surface area contributed by atoms with Gasteiger partial charge in [-0.05, 0) is 19.1 Å². The van der Waals surface area contributed by atoms with E-state index in [9.17, 15) is 22.8 Å². The lowest BCUT2D eigenvalue weighted by atomic mass is 10.2. The summed E-state index contributed by atoms with van der Waals surface area (Å²) in [5.74, 6) is -1.54. The number of benzene rings is 1. The van der Waals surface area contributed by atoms with Crippen LogP contribution in [0, 0.1) is 0 Å². The van der Waals surface area contributed by atoms with Crippen LogP contribution in [0.4, 0.5) is 18.3 Å². The van der Waals surface area contributed by atoms with Crippen LogP contribution in [0.25, 0.3) is 0 Å². The molecule has 0 bridgehead atoms. The third-order valence-electron chi connectivity index (χ3n) is 2.98. The van der Waals surface area contributed by atoms with E-state index in [4.69, 9.17) is 9.47 Å². The van der Waals surface area contributed by atoms with Gasteiger partial charge < -0.3 is 9.47 Å². The minimum absolute atomic E-state index is 0.0321. The van der Waals surface area contributed by atoms with Gasteiger partial charge >= 0.3 is 12.1 Å². The van der Waals surface area contributed by atoms with Crippen LogP contribution < -0.4 is 10.1 Å². The standard InChI is InChI=1S/C16H15F3N2O4S/c1-2-24-14(23)7-10-9-26-15(20-10)21-13(22)8-25-12-6-4-3-5-11(12)16(17,18)19/h3-6,9H,2,7-8H2,1H3,(H,20,21,22). The van der Waals surface area contributed by atoms with Gasteiger partial charge in [0.1, 0.15) is 5.75 Å². The number of thiazole rings is 1. The third-order valence-corrected chi connectivity index (χ3v) is 3.79. The highest BCUT2D eigenvalue weighted by atomic mass is 32.1. The molecule has 1 heterocycles. The van der Waals surface area contributed by atoms with Gasteiger partial charge in [0.15, 0.2) is 11.7 Å². The van der Waals surface area contributed by atoms with E-state index in [1.54, 1.807) is 12.3 Å². The minimum Gasteiger partial charge on any atom is -0.483 e. The minimum atomic E-state index is -4.58. The number of hydrogen-bond donors (Lipinski definition) is 1. The smallest absolute Gasteiger partial charge is 0.419 e. The summed E-state index contributed by atoms with van der Waals surface area (Å²) in [6, 6.07) is 4.62. The second-order valence-corrected chi connectivity index (χ2v) is 5.81. The van der Waals surface area contributed by atoms with Crippen molar-refractivity contribution in [3.05, 3.63) is 40.9 Å². The van der Waals surface area contributed by atoms with E-state index in [2.05, 4.69) is 10.3 Å². The van der Waals surface area contributed by atoms with Crippen LogP contribution in [-0.4, -0.2) is 30.1 Å². The number of rotatable bonds is 7. The molecule has 1 aromatic heterocycles. The number of ether oxygens (including phenoxy) is 2. The summed E-state index contributed by atoms with van der Waals surface area (Å²) in [6.07, 6.45) is -4.61. The first-order chi connectivity index (χ1) is 12.3. The number of aromatic nitrogens is 1. The van der Waals surface area contributed by atoms with Gasteiger partial charge in [0.2, 0.25) is 0 Å². The lowest BCUT2D eigenvalue weighted by molar-refractivity contribution is -0.142. The molecule has 0 fully saturated rings. The number of hydrogen-bond acceptors (Lipinski definition) is 6. The molecule has 0 saturated heterocycles. The lowest BCUT2D eigenvalue weighted by Crippen LogP contribution is -2.21. The highest BCUT2D eigenvalue weighted by Gasteiger charge is 2.34. The summed E-state index contributed by atoms with van der Waals surface area (Å²) in [6.45, 7) is 1.32. The van der Waals surface area contributed by atoms with E-state index >= 15 is 0 Å². The van der Waals surface area contributed by atoms with Gasteiger partial charge in [-0.15, -0.1) is 11.3 Å². The SMILES string of the molecule is CCOC(=O)Cc1csc(NC(=O)COc2ccccc2C(F)(F)F)n1. The predicted octanol–water partition coefficient (Wildman–Crippen LogP) is 3.29. The second kappa shape index (κ2) is 8.65. The summed E-state index contributed by atoms with van der Waals surface area (Å²) in [7, 11) is 0. The second-order valence-electron chi connectivity index (χ2n) is 4.96. The van der Waals surface area contributed by atoms with E-state index in [0.29, 0.717) is 5.69 Å². The molecule has 1 amide bonds. The molecular weight excluding hydrogens is 373 g/mol. The fourth-order valence-electron chi connectivity index (χ4n) is 1.93. The molecule has 0 aliphatic heterocycles. The quantitative estimate of drug-likeness (QED) is 0.737. The predicted molar refractivity (Wildman–Crippen MR) is 88.0 cm³/mol. The highest BCUT2D eigenvalue weighted by molar-refractivity contribution is 7.13. The first-order valence-electron chi connectivity index (χ1n) is 7.48. The Bertz CT molecular complexity index is 777. The van der Waals surface area contributed by atoms with Crippen molar-refractivity contribution in [3.8, 4) is 5.75 Å². The maximum absolute atomic E-state index is 12.9. The molecule has 0 spiro atoms. The number of amides is 1. The molecule has 0 unspecified atom stereocenters. The first kappa shape index (κ1) is 19.7. The Kier molecular flexibility index (Phi) is 6.56. The first-order valence-corrected chi connectivity index (χ1v) is 8.36. The molecular formula is C16H15F3N2O4S. The molecule has 6 nitrogen and oxygen atoms in total. The molecule has 0 saturated carbocycles. The summed E-state index contributed by atoms with van der Waals surface area (Å²) in [5, 5.41) is 4.19. The monoisotopic (exact) mass is 388 g/mol. The van der Waals surface area contributed by atoms with Crippen LogP contribution in [-0.2, 0) is 26.9 Å². The van der Waals surface area contributed by atoms with Crippen molar-refractivity contribution in [2.45, 2.75) is 19.5 Å². The van der Waals surface area contributed by atoms with Gasteiger partial charge in [-0.25, -0.2) is 4.98 Å². The lowest BCUT2D eigenvalue weighted by Gasteiger charge is -2.13. The van der Waals surface area contributed by atoms with Gasteiger partial charge in [-0.3, -0.25) is 14.9 Å². The van der Waals surface area contributed by atoms with Gasteiger partial charge in [0.05, 0.1) is 24.3 Å². The van der Waals surface area contributed by atoms with Crippen LogP contribution in [0.2, 0.25) is 0 Å². The molecule has 140 valence electrons. The highest BCUT2D eigenvalue weighted by Crippen LogP contribution is 2.35. The average molecular weight is 388 g/mol. The van der Waals surface area contributed by atoms with Crippen molar-refractivity contribution in [3.63, 3.8) is 0 Å². The van der Waals surface area contributed by atoms with Crippen molar-refractivity contribution >= 4 is 28.3 Å². The van der Waals surface area contributed by atoms with Crippen molar-refractivity contribution in [2.75, 3.05) is 18.5 Å². The van der Waals surface area contributed by atoms with E-state index in [-0.39, 0.29) is 18.2 Å². The maximum Gasteiger partial charge on any atom is 0.419 e. The number of anilines is 1. The Balaban J connectivity index is 1.90. The number of halogens is 3. The molecule has 0 atom stereocenters. The zero-order valence-corrected chi connectivity index (χ0v) is 14.4. The zero-order chi connectivity index (χ0) is 19.2. The third kappa shape index (κ3) is 5.73. The van der Waals surface area contributed by atoms with E-state index in [1.165, 1.54) is 12.1 Å². The molecule has 10 heteroatoms. The van der Waals surface area contributed by atoms with Gasteiger partial charge in [-0.2, -0.15) is 13.2 Å². The number of carbonyl (C=O) groups excluding carboxylic acids is 2. The number of esters is 1. The number of alkyl halides is 3. The molecule has 0 aliphatic carbocycles. The molecule has 1 N–H and O–H groups in total. The number of carbonyl (C=O) groups is 2. The van der Waals surface area contributed by atoms with Gasteiger partial charge in [0, 0.05) is 5.38 Å². The molecule has 2 aromatic rings. The molecule has 0 aliphatic rings. The van der Waals surface area contributed by atoms with Crippen LogP contribution in [0.1, 0.15) is 18.2 Å². The summed E-state index contributed by atoms with van der Waals surface area (Å²) < 4.78 is 48.3. The van der Waals surface area contributed by atoms with Crippen molar-refractivity contribution in [1.29, 1.82) is 0 Å². The van der Waals surface area contributed by atoms with Crippen LogP contribution in [0.5, 0.6) is 5.75 Å². The van der Waals surface area contributed by atoms with Crippen LogP contribution in [0.3, 0.4) is 0 Å². The summed E-state index contributed by atoms with van der Waals surface area (Å²) in [5.41, 5.74) is -0.536. The van der Waals surface area contributed by atoms with Gasteiger partial charge in [0.25, 0.3) is 5.91 Å². The van der Waals surface area contributed by atoms with Crippen LogP contribution in [0.15, 0.2) is 29.6 Å². The van der Waals surface area contributed by atoms with E-state index in [0.717, 1.165) is 23.5 Å². The van der Waals surface area contributed by atoms with Crippen molar-refractivity contribution in [1.82, 2.24) is 4.98 Å². The number of para-hydroxylation sites is 1. The number of nitrogens with one attached hydrogen (secondary N) is 1. The Morgan fingerprint density at radius 1 is 1.27 bits per heavy atom. The fraction of sp³-hybridized carbons (Fsp3) is 0.312. The van der Waals surface area contributed by atoms with Crippen molar-refractivity contribution in [2.24, 2.45) is 0 Å². The Morgan fingerprint density at radius 2 is 2.00 bits per heavy atom.